The Kier molecular flexibility index (Phi) is 5.71. The van der Waals surface area contributed by atoms with E-state index in [0.29, 0.717) is 37.1 Å². The minimum atomic E-state index is -0.923. The summed E-state index contributed by atoms with van der Waals surface area (Å²) < 4.78 is 2.16. The largest absolute Gasteiger partial charge is 0.465 e. The standard InChI is InChI=1S/C29H26N4O4/c34-27-21-10-4-5-11-22(21)28(35)32(27)18-25(19-14-16-31(17-15-19)29(36)37)33-24-13-7-6-12-23(24)30-26(33)20-8-2-1-3-9-20/h1-13,19,25H,14-18H2,(H,36,37). The number of carbonyl (C=O) groups excluding carboxylic acids is 2. The first-order valence-electron chi connectivity index (χ1n) is 12.5. The van der Waals surface area contributed by atoms with E-state index >= 15 is 0 Å². The molecule has 1 atom stereocenters. The van der Waals surface area contributed by atoms with Crippen LogP contribution in [0.25, 0.3) is 22.4 Å². The minimum Gasteiger partial charge on any atom is -0.465 e. The van der Waals surface area contributed by atoms with Crippen molar-refractivity contribution in [2.75, 3.05) is 19.6 Å². The average Bonchev–Trinajstić information content (AvgIpc) is 3.43. The number of rotatable bonds is 5. The van der Waals surface area contributed by atoms with Crippen molar-refractivity contribution in [2.45, 2.75) is 18.9 Å². The van der Waals surface area contributed by atoms with Crippen LogP contribution in [0.2, 0.25) is 0 Å². The molecule has 1 N–H and O–H groups in total. The second-order valence-electron chi connectivity index (χ2n) is 9.60. The van der Waals surface area contributed by atoms with Gasteiger partial charge in [-0.05, 0) is 43.0 Å². The Balaban J connectivity index is 1.46. The minimum absolute atomic E-state index is 0.0416. The zero-order chi connectivity index (χ0) is 25.5. The Morgan fingerprint density at radius 2 is 1.46 bits per heavy atom. The monoisotopic (exact) mass is 494 g/mol. The molecule has 37 heavy (non-hydrogen) atoms. The Morgan fingerprint density at radius 3 is 2.11 bits per heavy atom. The first kappa shape index (κ1) is 23.0. The molecule has 1 fully saturated rings. The van der Waals surface area contributed by atoms with E-state index in [1.54, 1.807) is 24.3 Å². The number of benzene rings is 3. The van der Waals surface area contributed by atoms with E-state index in [0.717, 1.165) is 22.4 Å². The predicted molar refractivity (Wildman–Crippen MR) is 138 cm³/mol. The Hall–Kier alpha value is -4.46. The molecule has 8 heteroatoms. The van der Waals surface area contributed by atoms with Gasteiger partial charge in [-0.2, -0.15) is 0 Å². The fourth-order valence-corrected chi connectivity index (χ4v) is 5.68. The lowest BCUT2D eigenvalue weighted by Crippen LogP contribution is -2.43. The zero-order valence-corrected chi connectivity index (χ0v) is 20.2. The van der Waals surface area contributed by atoms with Crippen molar-refractivity contribution in [2.24, 2.45) is 5.92 Å². The number of hydrogen-bond acceptors (Lipinski definition) is 4. The highest BCUT2D eigenvalue weighted by Crippen LogP contribution is 2.38. The quantitative estimate of drug-likeness (QED) is 0.397. The molecule has 3 heterocycles. The van der Waals surface area contributed by atoms with Crippen LogP contribution >= 0.6 is 0 Å². The maximum absolute atomic E-state index is 13.3. The number of fused-ring (bicyclic) bond motifs is 2. The van der Waals surface area contributed by atoms with Gasteiger partial charge in [0.2, 0.25) is 0 Å². The molecule has 3 aromatic carbocycles. The van der Waals surface area contributed by atoms with Crippen molar-refractivity contribution >= 4 is 28.9 Å². The summed E-state index contributed by atoms with van der Waals surface area (Å²) in [7, 11) is 0. The number of para-hydroxylation sites is 2. The van der Waals surface area contributed by atoms with Gasteiger partial charge in [-0.1, -0.05) is 54.6 Å². The molecule has 1 unspecified atom stereocenters. The van der Waals surface area contributed by atoms with E-state index in [1.807, 2.05) is 54.6 Å². The molecule has 3 amide bonds. The molecule has 0 aliphatic carbocycles. The highest BCUT2D eigenvalue weighted by Gasteiger charge is 2.40. The average molecular weight is 495 g/mol. The van der Waals surface area contributed by atoms with Crippen molar-refractivity contribution in [1.82, 2.24) is 19.4 Å². The van der Waals surface area contributed by atoms with Gasteiger partial charge >= 0.3 is 6.09 Å². The summed E-state index contributed by atoms with van der Waals surface area (Å²) in [4.78, 5) is 46.0. The van der Waals surface area contributed by atoms with Crippen LogP contribution in [0.4, 0.5) is 4.79 Å². The molecule has 0 radical (unpaired) electrons. The number of imidazole rings is 1. The first-order valence-corrected chi connectivity index (χ1v) is 12.5. The molecule has 2 aliphatic heterocycles. The summed E-state index contributed by atoms with van der Waals surface area (Å²) in [6.07, 6.45) is 0.329. The van der Waals surface area contributed by atoms with Crippen LogP contribution in [-0.2, 0) is 0 Å². The Morgan fingerprint density at radius 1 is 0.865 bits per heavy atom. The molecular weight excluding hydrogens is 468 g/mol. The summed E-state index contributed by atoms with van der Waals surface area (Å²) in [6, 6.07) is 24.4. The second kappa shape index (κ2) is 9.20. The predicted octanol–water partition coefficient (Wildman–Crippen LogP) is 4.93. The smallest absolute Gasteiger partial charge is 0.407 e. The normalized spacial score (nSPS) is 16.9. The van der Waals surface area contributed by atoms with Gasteiger partial charge in [0.1, 0.15) is 5.82 Å². The van der Waals surface area contributed by atoms with Crippen LogP contribution in [-0.4, -0.2) is 62.0 Å². The number of piperidine rings is 1. The highest BCUT2D eigenvalue weighted by molar-refractivity contribution is 6.21. The van der Waals surface area contributed by atoms with Gasteiger partial charge in [0.15, 0.2) is 0 Å². The molecule has 4 aromatic rings. The molecule has 186 valence electrons. The van der Waals surface area contributed by atoms with Crippen molar-refractivity contribution in [3.05, 3.63) is 90.0 Å². The lowest BCUT2D eigenvalue weighted by atomic mass is 9.88. The van der Waals surface area contributed by atoms with Crippen LogP contribution < -0.4 is 0 Å². The van der Waals surface area contributed by atoms with Gasteiger partial charge < -0.3 is 14.6 Å². The van der Waals surface area contributed by atoms with E-state index in [4.69, 9.17) is 4.98 Å². The number of imide groups is 1. The van der Waals surface area contributed by atoms with Crippen molar-refractivity contribution in [1.29, 1.82) is 0 Å². The van der Waals surface area contributed by atoms with Gasteiger partial charge in [0.25, 0.3) is 11.8 Å². The number of amides is 3. The molecule has 1 aromatic heterocycles. The number of aromatic nitrogens is 2. The van der Waals surface area contributed by atoms with Crippen LogP contribution in [0.5, 0.6) is 0 Å². The maximum atomic E-state index is 13.3. The summed E-state index contributed by atoms with van der Waals surface area (Å²) in [6.45, 7) is 1.00. The molecule has 2 aliphatic rings. The fourth-order valence-electron chi connectivity index (χ4n) is 5.68. The van der Waals surface area contributed by atoms with Gasteiger partial charge in [-0.25, -0.2) is 9.78 Å². The molecule has 0 spiro atoms. The van der Waals surface area contributed by atoms with Gasteiger partial charge in [0, 0.05) is 18.7 Å². The molecule has 0 bridgehead atoms. The SMILES string of the molecule is O=C(O)N1CCC(C(CN2C(=O)c3ccccc3C2=O)n2c(-c3ccccc3)nc3ccccc32)CC1. The highest BCUT2D eigenvalue weighted by atomic mass is 16.4. The fraction of sp³-hybridized carbons (Fsp3) is 0.241. The Labute approximate surface area is 213 Å². The second-order valence-corrected chi connectivity index (χ2v) is 9.60. The third-order valence-corrected chi connectivity index (χ3v) is 7.56. The van der Waals surface area contributed by atoms with E-state index in [-0.39, 0.29) is 30.3 Å². The lowest BCUT2D eigenvalue weighted by molar-refractivity contribution is 0.0592. The molecular formula is C29H26N4O4. The first-order chi connectivity index (χ1) is 18.0. The van der Waals surface area contributed by atoms with Crippen LogP contribution in [0, 0.1) is 5.92 Å². The number of carboxylic acid groups (broad SMARTS) is 1. The van der Waals surface area contributed by atoms with Crippen LogP contribution in [0.3, 0.4) is 0 Å². The Bertz CT molecular complexity index is 1470. The molecule has 8 nitrogen and oxygen atoms in total. The van der Waals surface area contributed by atoms with E-state index < -0.39 is 6.09 Å². The van der Waals surface area contributed by atoms with E-state index in [1.165, 1.54) is 9.80 Å². The third kappa shape index (κ3) is 3.94. The van der Waals surface area contributed by atoms with Gasteiger partial charge in [0.05, 0.1) is 34.7 Å². The van der Waals surface area contributed by atoms with Crippen molar-refractivity contribution in [3.8, 4) is 11.4 Å². The molecule has 6 rings (SSSR count). The van der Waals surface area contributed by atoms with Crippen molar-refractivity contribution < 1.29 is 19.5 Å². The van der Waals surface area contributed by atoms with Gasteiger partial charge in [-0.15, -0.1) is 0 Å². The van der Waals surface area contributed by atoms with Crippen LogP contribution in [0.15, 0.2) is 78.9 Å². The summed E-state index contributed by atoms with van der Waals surface area (Å²) in [5.41, 5.74) is 3.53. The van der Waals surface area contributed by atoms with Crippen molar-refractivity contribution in [3.63, 3.8) is 0 Å². The topological polar surface area (TPSA) is 95.7 Å². The lowest BCUT2D eigenvalue weighted by Gasteiger charge is -2.37. The number of hydrogen-bond donors (Lipinski definition) is 1. The number of nitrogens with zero attached hydrogens (tertiary/aromatic N) is 4. The van der Waals surface area contributed by atoms with E-state index in [2.05, 4.69) is 4.57 Å². The zero-order valence-electron chi connectivity index (χ0n) is 20.2. The maximum Gasteiger partial charge on any atom is 0.407 e. The summed E-state index contributed by atoms with van der Waals surface area (Å²) in [5, 5.41) is 9.49. The third-order valence-electron chi connectivity index (χ3n) is 7.56. The van der Waals surface area contributed by atoms with Crippen LogP contribution in [0.1, 0.15) is 39.6 Å². The summed E-state index contributed by atoms with van der Waals surface area (Å²) in [5.74, 6) is 0.225. The summed E-state index contributed by atoms with van der Waals surface area (Å²) >= 11 is 0. The number of carbonyl (C=O) groups is 3. The number of likely N-dealkylation sites (tertiary alicyclic amines) is 1. The molecule has 1 saturated heterocycles. The van der Waals surface area contributed by atoms with E-state index in [9.17, 15) is 19.5 Å². The molecule has 0 saturated carbocycles. The van der Waals surface area contributed by atoms with Gasteiger partial charge in [-0.3, -0.25) is 14.5 Å².